The molecule has 27 heavy (non-hydrogen) atoms. The van der Waals surface area contributed by atoms with Crippen LogP contribution in [-0.2, 0) is 0 Å². The van der Waals surface area contributed by atoms with Gasteiger partial charge in [-0.3, -0.25) is 9.69 Å². The maximum Gasteiger partial charge on any atom is 0.262 e. The summed E-state index contributed by atoms with van der Waals surface area (Å²) in [7, 11) is 0. The third kappa shape index (κ3) is 3.26. The Balaban J connectivity index is 1.79. The molecule has 4 rings (SSSR count). The molecule has 136 valence electrons. The van der Waals surface area contributed by atoms with Crippen LogP contribution in [0.3, 0.4) is 0 Å². The molecule has 1 heterocycles. The van der Waals surface area contributed by atoms with Crippen molar-refractivity contribution in [1.29, 1.82) is 0 Å². The molecule has 1 aliphatic heterocycles. The summed E-state index contributed by atoms with van der Waals surface area (Å²) in [6.07, 6.45) is -0.272. The van der Waals surface area contributed by atoms with Crippen molar-refractivity contribution in [3.8, 4) is 5.75 Å². The molecule has 0 saturated heterocycles. The molecule has 0 radical (unpaired) electrons. The lowest BCUT2D eigenvalue weighted by Crippen LogP contribution is -2.43. The summed E-state index contributed by atoms with van der Waals surface area (Å²) in [6.45, 7) is 4.63. The molecule has 0 saturated carbocycles. The minimum Gasteiger partial charge on any atom is -0.494 e. The van der Waals surface area contributed by atoms with Crippen LogP contribution in [0.25, 0.3) is 0 Å². The van der Waals surface area contributed by atoms with Crippen LogP contribution in [0, 0.1) is 6.92 Å². The van der Waals surface area contributed by atoms with E-state index in [0.717, 1.165) is 22.7 Å². The van der Waals surface area contributed by atoms with Crippen LogP contribution in [0.5, 0.6) is 5.75 Å². The van der Waals surface area contributed by atoms with Crippen molar-refractivity contribution in [3.63, 3.8) is 0 Å². The Morgan fingerprint density at radius 2 is 1.67 bits per heavy atom. The number of aryl methyl sites for hydroxylation is 1. The molecule has 0 spiro atoms. The standard InChI is InChI=1S/C23H22N2O2/c1-3-27-19-14-12-18(13-15-19)25-22(17-10-8-16(2)9-11-17)24-21-7-5-4-6-20(21)23(25)26/h4-15,22,24H,3H2,1-2H3. The Kier molecular flexibility index (Phi) is 4.55. The van der Waals surface area contributed by atoms with Crippen LogP contribution in [0.4, 0.5) is 11.4 Å². The van der Waals surface area contributed by atoms with Crippen molar-refractivity contribution < 1.29 is 9.53 Å². The predicted molar refractivity (Wildman–Crippen MR) is 108 cm³/mol. The van der Waals surface area contributed by atoms with Gasteiger partial charge in [-0.1, -0.05) is 42.0 Å². The number of fused-ring (bicyclic) bond motifs is 1. The highest BCUT2D eigenvalue weighted by Gasteiger charge is 2.33. The maximum absolute atomic E-state index is 13.3. The number of benzene rings is 3. The van der Waals surface area contributed by atoms with E-state index in [2.05, 4.69) is 36.5 Å². The molecular formula is C23H22N2O2. The molecule has 1 amide bonds. The number of hydrogen-bond acceptors (Lipinski definition) is 3. The Morgan fingerprint density at radius 1 is 0.963 bits per heavy atom. The number of para-hydroxylation sites is 1. The minimum atomic E-state index is -0.272. The average molecular weight is 358 g/mol. The Morgan fingerprint density at radius 3 is 2.37 bits per heavy atom. The second kappa shape index (κ2) is 7.16. The van der Waals surface area contributed by atoms with E-state index in [-0.39, 0.29) is 12.1 Å². The zero-order valence-corrected chi connectivity index (χ0v) is 15.5. The summed E-state index contributed by atoms with van der Waals surface area (Å²) in [5.74, 6) is 0.782. The van der Waals surface area contributed by atoms with Gasteiger partial charge in [-0.15, -0.1) is 0 Å². The van der Waals surface area contributed by atoms with Gasteiger partial charge in [0.1, 0.15) is 11.9 Å². The van der Waals surface area contributed by atoms with Crippen molar-refractivity contribution in [2.75, 3.05) is 16.8 Å². The average Bonchev–Trinajstić information content (AvgIpc) is 2.70. The summed E-state index contributed by atoms with van der Waals surface area (Å²) < 4.78 is 5.54. The molecule has 1 N–H and O–H groups in total. The molecule has 3 aromatic rings. The lowest BCUT2D eigenvalue weighted by atomic mass is 10.0. The van der Waals surface area contributed by atoms with Gasteiger partial charge in [0.15, 0.2) is 0 Å². The summed E-state index contributed by atoms with van der Waals surface area (Å²) >= 11 is 0. The zero-order valence-electron chi connectivity index (χ0n) is 15.5. The molecule has 4 nitrogen and oxygen atoms in total. The van der Waals surface area contributed by atoms with Gasteiger partial charge >= 0.3 is 0 Å². The van der Waals surface area contributed by atoms with Crippen LogP contribution in [0.15, 0.2) is 72.8 Å². The van der Waals surface area contributed by atoms with Gasteiger partial charge in [0, 0.05) is 11.4 Å². The van der Waals surface area contributed by atoms with E-state index in [0.29, 0.717) is 12.2 Å². The molecule has 1 unspecified atom stereocenters. The first-order chi connectivity index (χ1) is 13.2. The number of anilines is 2. The van der Waals surface area contributed by atoms with Crippen molar-refractivity contribution in [1.82, 2.24) is 0 Å². The zero-order chi connectivity index (χ0) is 18.8. The van der Waals surface area contributed by atoms with E-state index in [1.165, 1.54) is 5.56 Å². The first-order valence-electron chi connectivity index (χ1n) is 9.16. The fraction of sp³-hybridized carbons (Fsp3) is 0.174. The molecule has 0 fully saturated rings. The van der Waals surface area contributed by atoms with Crippen molar-refractivity contribution >= 4 is 17.3 Å². The van der Waals surface area contributed by atoms with E-state index in [4.69, 9.17) is 4.74 Å². The van der Waals surface area contributed by atoms with Crippen molar-refractivity contribution in [2.24, 2.45) is 0 Å². The number of carbonyl (C=O) groups excluding carboxylic acids is 1. The molecule has 1 atom stereocenters. The predicted octanol–water partition coefficient (Wildman–Crippen LogP) is 5.16. The first kappa shape index (κ1) is 17.2. The number of hydrogen-bond donors (Lipinski definition) is 1. The highest BCUT2D eigenvalue weighted by atomic mass is 16.5. The Labute approximate surface area is 159 Å². The minimum absolute atomic E-state index is 0.0147. The smallest absolute Gasteiger partial charge is 0.262 e. The van der Waals surface area contributed by atoms with E-state index < -0.39 is 0 Å². The molecule has 0 bridgehead atoms. The Bertz CT molecular complexity index is 949. The largest absolute Gasteiger partial charge is 0.494 e. The van der Waals surface area contributed by atoms with Gasteiger partial charge in [0.25, 0.3) is 5.91 Å². The van der Waals surface area contributed by atoms with Gasteiger partial charge in [0.05, 0.1) is 12.2 Å². The summed E-state index contributed by atoms with van der Waals surface area (Å²) in [4.78, 5) is 15.1. The molecule has 4 heteroatoms. The third-order valence-electron chi connectivity index (χ3n) is 4.75. The number of amides is 1. The lowest BCUT2D eigenvalue weighted by molar-refractivity contribution is 0.0975. The fourth-order valence-corrected chi connectivity index (χ4v) is 3.37. The van der Waals surface area contributed by atoms with Crippen LogP contribution in [0.2, 0.25) is 0 Å². The van der Waals surface area contributed by atoms with Crippen molar-refractivity contribution in [2.45, 2.75) is 20.0 Å². The topological polar surface area (TPSA) is 41.6 Å². The maximum atomic E-state index is 13.3. The van der Waals surface area contributed by atoms with Crippen LogP contribution in [-0.4, -0.2) is 12.5 Å². The quantitative estimate of drug-likeness (QED) is 0.700. The highest BCUT2D eigenvalue weighted by Crippen LogP contribution is 2.37. The molecule has 3 aromatic carbocycles. The summed E-state index contributed by atoms with van der Waals surface area (Å²) in [6, 6.07) is 23.6. The van der Waals surface area contributed by atoms with Gasteiger partial charge < -0.3 is 10.1 Å². The number of ether oxygens (including phenoxy) is 1. The van der Waals surface area contributed by atoms with Crippen molar-refractivity contribution in [3.05, 3.63) is 89.5 Å². The van der Waals surface area contributed by atoms with E-state index in [9.17, 15) is 4.79 Å². The SMILES string of the molecule is CCOc1ccc(N2C(=O)c3ccccc3NC2c2ccc(C)cc2)cc1. The molecular weight excluding hydrogens is 336 g/mol. The van der Waals surface area contributed by atoms with E-state index in [1.54, 1.807) is 0 Å². The normalized spacial score (nSPS) is 15.9. The fourth-order valence-electron chi connectivity index (χ4n) is 3.37. The van der Waals surface area contributed by atoms with Gasteiger partial charge in [-0.2, -0.15) is 0 Å². The lowest BCUT2D eigenvalue weighted by Gasteiger charge is -2.38. The first-order valence-corrected chi connectivity index (χ1v) is 9.16. The molecule has 0 aliphatic carbocycles. The number of nitrogens with one attached hydrogen (secondary N) is 1. The number of carbonyl (C=O) groups is 1. The molecule has 1 aliphatic rings. The van der Waals surface area contributed by atoms with Gasteiger partial charge in [-0.05, 0) is 55.8 Å². The van der Waals surface area contributed by atoms with Gasteiger partial charge in [0.2, 0.25) is 0 Å². The number of rotatable bonds is 4. The second-order valence-corrected chi connectivity index (χ2v) is 6.61. The summed E-state index contributed by atoms with van der Waals surface area (Å²) in [5.41, 5.74) is 4.59. The van der Waals surface area contributed by atoms with E-state index >= 15 is 0 Å². The molecule has 0 aromatic heterocycles. The van der Waals surface area contributed by atoms with E-state index in [1.807, 2.05) is 60.4 Å². The Hall–Kier alpha value is -3.27. The highest BCUT2D eigenvalue weighted by molar-refractivity contribution is 6.12. The number of nitrogens with zero attached hydrogens (tertiary/aromatic N) is 1. The van der Waals surface area contributed by atoms with Crippen LogP contribution < -0.4 is 15.0 Å². The monoisotopic (exact) mass is 358 g/mol. The van der Waals surface area contributed by atoms with Gasteiger partial charge in [-0.25, -0.2) is 0 Å². The third-order valence-corrected chi connectivity index (χ3v) is 4.75. The summed E-state index contributed by atoms with van der Waals surface area (Å²) in [5, 5.41) is 3.53. The van der Waals surface area contributed by atoms with Crippen LogP contribution in [0.1, 0.15) is 34.6 Å². The second-order valence-electron chi connectivity index (χ2n) is 6.61. The van der Waals surface area contributed by atoms with Crippen LogP contribution >= 0.6 is 0 Å².